The molecule has 1 aliphatic rings. The molecule has 0 aromatic heterocycles. The Morgan fingerprint density at radius 3 is 2.45 bits per heavy atom. The summed E-state index contributed by atoms with van der Waals surface area (Å²) >= 11 is 0. The van der Waals surface area contributed by atoms with E-state index in [0.29, 0.717) is 19.8 Å². The van der Waals surface area contributed by atoms with Gasteiger partial charge in [-0.1, -0.05) is 12.1 Å². The van der Waals surface area contributed by atoms with Gasteiger partial charge in [0.2, 0.25) is 0 Å². The van der Waals surface area contributed by atoms with Crippen molar-refractivity contribution in [3.05, 3.63) is 29.8 Å². The Labute approximate surface area is 139 Å². The Balaban J connectivity index is 0.00000242. The van der Waals surface area contributed by atoms with Crippen molar-refractivity contribution in [1.82, 2.24) is 4.90 Å². The van der Waals surface area contributed by atoms with Crippen LogP contribution in [0.15, 0.2) is 24.3 Å². The number of ether oxygens (including phenoxy) is 3. The van der Waals surface area contributed by atoms with Gasteiger partial charge in [-0.3, -0.25) is 4.90 Å². The highest BCUT2D eigenvalue weighted by atomic mass is 35.5. The molecule has 0 radical (unpaired) electrons. The number of hydrogen-bond donors (Lipinski definition) is 1. The first-order chi connectivity index (χ1) is 10.4. The van der Waals surface area contributed by atoms with E-state index in [9.17, 15) is 0 Å². The van der Waals surface area contributed by atoms with E-state index < -0.39 is 0 Å². The van der Waals surface area contributed by atoms with Crippen molar-refractivity contribution in [3.63, 3.8) is 0 Å². The number of morpholine rings is 1. The van der Waals surface area contributed by atoms with Crippen LogP contribution < -0.4 is 10.5 Å². The van der Waals surface area contributed by atoms with Crippen molar-refractivity contribution in [3.8, 4) is 5.75 Å². The fourth-order valence-corrected chi connectivity index (χ4v) is 2.26. The van der Waals surface area contributed by atoms with Crippen LogP contribution in [-0.4, -0.2) is 64.1 Å². The topological polar surface area (TPSA) is 57.0 Å². The van der Waals surface area contributed by atoms with Crippen molar-refractivity contribution in [2.75, 3.05) is 59.2 Å². The molecule has 0 spiro atoms. The van der Waals surface area contributed by atoms with Crippen molar-refractivity contribution in [2.45, 2.75) is 6.42 Å². The van der Waals surface area contributed by atoms with E-state index in [1.54, 1.807) is 0 Å². The molecule has 0 atom stereocenters. The molecule has 0 bridgehead atoms. The molecule has 0 aliphatic carbocycles. The molecule has 126 valence electrons. The molecule has 1 aromatic rings. The van der Waals surface area contributed by atoms with Gasteiger partial charge in [-0.2, -0.15) is 0 Å². The standard InChI is InChI=1S/C16H26N2O3.ClH/c17-6-5-15-1-3-16(4-2-15)21-14-13-20-12-9-18-7-10-19-11-8-18;/h1-4H,5-14,17H2;1H. The smallest absolute Gasteiger partial charge is 0.119 e. The zero-order valence-electron chi connectivity index (χ0n) is 13.0. The van der Waals surface area contributed by atoms with Gasteiger partial charge in [-0.15, -0.1) is 12.4 Å². The molecule has 0 saturated carbocycles. The molecular weight excluding hydrogens is 304 g/mol. The van der Waals surface area contributed by atoms with Gasteiger partial charge in [-0.05, 0) is 30.7 Å². The minimum atomic E-state index is 0. The van der Waals surface area contributed by atoms with E-state index in [4.69, 9.17) is 19.9 Å². The quantitative estimate of drug-likeness (QED) is 0.692. The molecule has 1 fully saturated rings. The van der Waals surface area contributed by atoms with Crippen LogP contribution in [0.4, 0.5) is 0 Å². The summed E-state index contributed by atoms with van der Waals surface area (Å²) in [6, 6.07) is 8.08. The van der Waals surface area contributed by atoms with E-state index in [1.807, 2.05) is 12.1 Å². The van der Waals surface area contributed by atoms with E-state index in [0.717, 1.165) is 51.6 Å². The predicted molar refractivity (Wildman–Crippen MR) is 90.0 cm³/mol. The zero-order valence-corrected chi connectivity index (χ0v) is 13.9. The van der Waals surface area contributed by atoms with Gasteiger partial charge >= 0.3 is 0 Å². The number of hydrogen-bond acceptors (Lipinski definition) is 5. The van der Waals surface area contributed by atoms with E-state index >= 15 is 0 Å². The monoisotopic (exact) mass is 330 g/mol. The molecule has 1 aromatic carbocycles. The largest absolute Gasteiger partial charge is 0.491 e. The van der Waals surface area contributed by atoms with E-state index in [1.165, 1.54) is 5.56 Å². The summed E-state index contributed by atoms with van der Waals surface area (Å²) in [7, 11) is 0. The highest BCUT2D eigenvalue weighted by Gasteiger charge is 2.09. The fraction of sp³-hybridized carbons (Fsp3) is 0.625. The zero-order chi connectivity index (χ0) is 14.8. The highest BCUT2D eigenvalue weighted by Crippen LogP contribution is 2.12. The Kier molecular flexibility index (Phi) is 10.2. The maximum absolute atomic E-state index is 5.64. The summed E-state index contributed by atoms with van der Waals surface area (Å²) in [5, 5.41) is 0. The molecule has 22 heavy (non-hydrogen) atoms. The molecule has 1 heterocycles. The lowest BCUT2D eigenvalue weighted by Gasteiger charge is -2.26. The van der Waals surface area contributed by atoms with E-state index in [-0.39, 0.29) is 12.4 Å². The summed E-state index contributed by atoms with van der Waals surface area (Å²) < 4.78 is 16.5. The Morgan fingerprint density at radius 2 is 1.77 bits per heavy atom. The van der Waals surface area contributed by atoms with E-state index in [2.05, 4.69) is 17.0 Å². The molecule has 6 heteroatoms. The van der Waals surface area contributed by atoms with Crippen LogP contribution in [0.3, 0.4) is 0 Å². The Hall–Kier alpha value is -0.850. The second-order valence-corrected chi connectivity index (χ2v) is 5.10. The lowest BCUT2D eigenvalue weighted by molar-refractivity contribution is 0.0170. The minimum absolute atomic E-state index is 0. The highest BCUT2D eigenvalue weighted by molar-refractivity contribution is 5.85. The van der Waals surface area contributed by atoms with Gasteiger partial charge in [0.25, 0.3) is 0 Å². The van der Waals surface area contributed by atoms with Crippen LogP contribution in [0, 0.1) is 0 Å². The number of nitrogens with zero attached hydrogens (tertiary/aromatic N) is 1. The minimum Gasteiger partial charge on any atom is -0.491 e. The third-order valence-corrected chi connectivity index (χ3v) is 3.51. The van der Waals surface area contributed by atoms with Gasteiger partial charge in [0.15, 0.2) is 0 Å². The van der Waals surface area contributed by atoms with Crippen LogP contribution in [0.2, 0.25) is 0 Å². The third-order valence-electron chi connectivity index (χ3n) is 3.51. The van der Waals surface area contributed by atoms with Crippen LogP contribution in [0.5, 0.6) is 5.75 Å². The molecule has 5 nitrogen and oxygen atoms in total. The predicted octanol–water partition coefficient (Wildman–Crippen LogP) is 1.34. The number of nitrogens with two attached hydrogens (primary N) is 1. The van der Waals surface area contributed by atoms with Crippen LogP contribution in [-0.2, 0) is 15.9 Å². The lowest BCUT2D eigenvalue weighted by atomic mass is 10.1. The molecule has 2 rings (SSSR count). The summed E-state index contributed by atoms with van der Waals surface area (Å²) in [6.45, 7) is 7.29. The summed E-state index contributed by atoms with van der Waals surface area (Å²) in [5.41, 5.74) is 6.76. The van der Waals surface area contributed by atoms with Gasteiger partial charge in [-0.25, -0.2) is 0 Å². The normalized spacial score (nSPS) is 15.3. The number of rotatable bonds is 9. The maximum Gasteiger partial charge on any atom is 0.119 e. The molecular formula is C16H27ClN2O3. The van der Waals surface area contributed by atoms with Gasteiger partial charge in [0.1, 0.15) is 12.4 Å². The second-order valence-electron chi connectivity index (χ2n) is 5.10. The molecule has 2 N–H and O–H groups in total. The van der Waals surface area contributed by atoms with Gasteiger partial charge in [0.05, 0.1) is 26.4 Å². The first kappa shape index (κ1) is 19.2. The van der Waals surface area contributed by atoms with Crippen molar-refractivity contribution < 1.29 is 14.2 Å². The lowest BCUT2D eigenvalue weighted by Crippen LogP contribution is -2.38. The van der Waals surface area contributed by atoms with Gasteiger partial charge in [0, 0.05) is 19.6 Å². The number of benzene rings is 1. The molecule has 0 unspecified atom stereocenters. The van der Waals surface area contributed by atoms with Crippen LogP contribution >= 0.6 is 12.4 Å². The Morgan fingerprint density at radius 1 is 1.05 bits per heavy atom. The molecule has 1 aliphatic heterocycles. The first-order valence-electron chi connectivity index (χ1n) is 7.68. The van der Waals surface area contributed by atoms with Crippen molar-refractivity contribution in [2.24, 2.45) is 5.73 Å². The van der Waals surface area contributed by atoms with Crippen LogP contribution in [0.25, 0.3) is 0 Å². The second kappa shape index (κ2) is 11.7. The van der Waals surface area contributed by atoms with Crippen molar-refractivity contribution >= 4 is 12.4 Å². The SMILES string of the molecule is Cl.NCCc1ccc(OCCOCCN2CCOCC2)cc1. The summed E-state index contributed by atoms with van der Waals surface area (Å²) in [4.78, 5) is 2.36. The first-order valence-corrected chi connectivity index (χ1v) is 7.68. The number of halogens is 1. The Bertz CT molecular complexity index is 383. The molecule has 0 amide bonds. The summed E-state index contributed by atoms with van der Waals surface area (Å²) in [5.74, 6) is 0.882. The van der Waals surface area contributed by atoms with Crippen molar-refractivity contribution in [1.29, 1.82) is 0 Å². The average Bonchev–Trinajstić information content (AvgIpc) is 2.53. The maximum atomic E-state index is 5.64. The van der Waals surface area contributed by atoms with Gasteiger partial charge < -0.3 is 19.9 Å². The third kappa shape index (κ3) is 7.42. The molecule has 1 saturated heterocycles. The van der Waals surface area contributed by atoms with Crippen LogP contribution in [0.1, 0.15) is 5.56 Å². The summed E-state index contributed by atoms with van der Waals surface area (Å²) in [6.07, 6.45) is 0.908. The fourth-order valence-electron chi connectivity index (χ4n) is 2.26. The average molecular weight is 331 g/mol.